The molecule has 33 nitrogen and oxygen atoms in total. The zero-order chi connectivity index (χ0) is 70.7. The molecule has 1 aliphatic heterocycles. The van der Waals surface area contributed by atoms with E-state index in [1.165, 1.54) is 43.0 Å². The van der Waals surface area contributed by atoms with Crippen molar-refractivity contribution in [1.29, 1.82) is 0 Å². The molecule has 1 heterocycles. The first kappa shape index (κ1) is 80.5. The van der Waals surface area contributed by atoms with E-state index in [2.05, 4.69) is 53.2 Å². The molecule has 0 aromatic heterocycles. The Bertz CT molecular complexity index is 2770. The lowest BCUT2D eigenvalue weighted by Crippen LogP contribution is -2.62. The number of primary amides is 1. The number of likely N-dealkylation sites (tertiary alicyclic amines) is 1. The van der Waals surface area contributed by atoms with E-state index in [4.69, 9.17) is 17.2 Å². The number of nitrogens with two attached hydrogens (primary N) is 3. The van der Waals surface area contributed by atoms with Gasteiger partial charge in [0.15, 0.2) is 6.04 Å². The Balaban J connectivity index is 2.36. The van der Waals surface area contributed by atoms with Crippen LogP contribution >= 0.6 is 0 Å². The van der Waals surface area contributed by atoms with Crippen LogP contribution in [0.3, 0.4) is 0 Å². The highest BCUT2D eigenvalue weighted by Gasteiger charge is 2.42. The number of nitrogens with one attached hydrogen (secondary N) is 10. The normalized spacial score (nSPS) is 17.5. The summed E-state index contributed by atoms with van der Waals surface area (Å²) in [6.07, 6.45) is -3.89. The monoisotopic (exact) mass is 1320 g/mol. The predicted molar refractivity (Wildman–Crippen MR) is 334 cm³/mol. The van der Waals surface area contributed by atoms with Crippen molar-refractivity contribution in [2.75, 3.05) is 13.1 Å². The van der Waals surface area contributed by atoms with Gasteiger partial charge in [0, 0.05) is 25.8 Å². The Morgan fingerprint density at radius 3 is 1.49 bits per heavy atom. The minimum Gasteiger partial charge on any atom is -0.508 e. The third kappa shape index (κ3) is 26.5. The van der Waals surface area contributed by atoms with Gasteiger partial charge in [0.25, 0.3) is 0 Å². The maximum Gasteiger partial charge on any atom is 0.328 e. The van der Waals surface area contributed by atoms with E-state index in [1.54, 1.807) is 41.5 Å². The fraction of sp³-hybridized carbons (Fsp3) is 0.667. The van der Waals surface area contributed by atoms with Crippen LogP contribution in [0.15, 0.2) is 24.3 Å². The highest BCUT2D eigenvalue weighted by molar-refractivity contribution is 6.00. The summed E-state index contributed by atoms with van der Waals surface area (Å²) in [6, 6.07) is -11.7. The van der Waals surface area contributed by atoms with Gasteiger partial charge in [0.05, 0.1) is 18.2 Å². The molecule has 0 aliphatic carbocycles. The number of hydrogen-bond acceptors (Lipinski definition) is 19. The van der Waals surface area contributed by atoms with E-state index in [1.807, 2.05) is 0 Å². The molecule has 522 valence electrons. The number of unbranched alkanes of at least 4 members (excludes halogenated alkanes) is 1. The van der Waals surface area contributed by atoms with Crippen molar-refractivity contribution < 1.29 is 92.7 Å². The summed E-state index contributed by atoms with van der Waals surface area (Å²) in [5, 5.41) is 74.0. The van der Waals surface area contributed by atoms with Crippen LogP contribution in [0.25, 0.3) is 0 Å². The lowest BCUT2D eigenvalue weighted by molar-refractivity contribution is -0.145. The number of amides is 12. The van der Waals surface area contributed by atoms with Gasteiger partial charge in [-0.25, -0.2) is 4.79 Å². The molecule has 33 heteroatoms. The number of aliphatic hydroxyl groups is 2. The van der Waals surface area contributed by atoms with E-state index < -0.39 is 199 Å². The van der Waals surface area contributed by atoms with Gasteiger partial charge in [-0.15, -0.1) is 0 Å². The second kappa shape index (κ2) is 39.1. The standard InChI is InChI=1S/C60H98N14O19/c1-11-30(6)46(71-53(85)39(22-24-43(79)80)67-56(88)44(63)28(2)3)57(89)72-47(33(9)75)58(90)68-38(21-23-42(62)78)51(83)64-31(7)49(81)70-45(29(4)5)59(91)74-26-14-16-41(74)55(87)66-37(15-12-13-25-61)52(84)69-40(27-35-17-19-36(77)20-18-35)54(86)65-32(8)50(82)73-48(34(10)76)60(92)93/h17-20,28-34,37-41,44-48,75-77H,11-16,21-27,61,63H2,1-10H3,(H2,62,78)(H,64,83)(H,65,86)(H,66,87)(H,67,88)(H,68,90)(H,69,84)(H,70,81)(H,71,85)(H,72,89)(H,73,82)(H,79,80)(H,92,93)/t30-,31-,32-,33+,34+,37-,38-,39-,40-,41-,44-,45-,46-,47-,48-/m0/s1. The number of carbonyl (C=O) groups excluding carboxylic acids is 12. The van der Waals surface area contributed by atoms with Crippen molar-refractivity contribution in [3.63, 3.8) is 0 Å². The second-order valence-corrected chi connectivity index (χ2v) is 24.2. The zero-order valence-electron chi connectivity index (χ0n) is 54.4. The van der Waals surface area contributed by atoms with E-state index in [9.17, 15) is 92.7 Å². The smallest absolute Gasteiger partial charge is 0.328 e. The lowest BCUT2D eigenvalue weighted by Gasteiger charge is -2.32. The first-order valence-electron chi connectivity index (χ1n) is 31.1. The summed E-state index contributed by atoms with van der Waals surface area (Å²) in [4.78, 5) is 189. The molecule has 12 amide bonds. The van der Waals surface area contributed by atoms with E-state index >= 15 is 0 Å². The first-order chi connectivity index (χ1) is 43.4. The van der Waals surface area contributed by atoms with E-state index in [0.29, 0.717) is 24.8 Å². The molecule has 93 heavy (non-hydrogen) atoms. The Hall–Kier alpha value is -8.56. The summed E-state index contributed by atoms with van der Waals surface area (Å²) < 4.78 is 0. The number of aliphatic carboxylic acids is 2. The molecule has 15 atom stereocenters. The van der Waals surface area contributed by atoms with Gasteiger partial charge >= 0.3 is 11.9 Å². The SMILES string of the molecule is CC[C@H](C)[C@H](NC(=O)[C@H](CCC(=O)O)NC(=O)[C@@H](N)C(C)C)C(=O)N[C@H](C(=O)N[C@@H](CCC(N)=O)C(=O)N[C@@H](C)C(=O)N[C@H](C(=O)N1CCC[C@H]1C(=O)N[C@@H](CCCCN)C(=O)N[C@@H](Cc1ccc(O)cc1)C(=O)N[C@@H](C)C(=O)N[C@H](C(=O)O)[C@@H](C)O)C(C)C)[C@@H](C)O. The Morgan fingerprint density at radius 1 is 0.538 bits per heavy atom. The van der Waals surface area contributed by atoms with Gasteiger partial charge in [0.2, 0.25) is 70.9 Å². The van der Waals surface area contributed by atoms with Gasteiger partial charge in [-0.3, -0.25) is 62.3 Å². The maximum atomic E-state index is 14.5. The van der Waals surface area contributed by atoms with Crippen LogP contribution in [-0.4, -0.2) is 211 Å². The number of aliphatic hydroxyl groups excluding tert-OH is 2. The zero-order valence-corrected chi connectivity index (χ0v) is 54.4. The molecule has 21 N–H and O–H groups in total. The minimum atomic E-state index is -1.84. The maximum absolute atomic E-state index is 14.5. The summed E-state index contributed by atoms with van der Waals surface area (Å²) in [5.74, 6) is -15.6. The van der Waals surface area contributed by atoms with Crippen molar-refractivity contribution in [3.05, 3.63) is 29.8 Å². The van der Waals surface area contributed by atoms with E-state index in [0.717, 1.165) is 13.8 Å². The van der Waals surface area contributed by atoms with Crippen LogP contribution in [0.1, 0.15) is 139 Å². The van der Waals surface area contributed by atoms with Crippen molar-refractivity contribution in [2.24, 2.45) is 35.0 Å². The summed E-state index contributed by atoms with van der Waals surface area (Å²) in [6.45, 7) is 14.8. The topological polar surface area (TPSA) is 542 Å². The highest BCUT2D eigenvalue weighted by atomic mass is 16.4. The molecule has 0 unspecified atom stereocenters. The predicted octanol–water partition coefficient (Wildman–Crippen LogP) is -4.40. The second-order valence-electron chi connectivity index (χ2n) is 24.2. The highest BCUT2D eigenvalue weighted by Crippen LogP contribution is 2.22. The summed E-state index contributed by atoms with van der Waals surface area (Å²) in [7, 11) is 0. The number of carbonyl (C=O) groups is 14. The fourth-order valence-corrected chi connectivity index (χ4v) is 9.61. The largest absolute Gasteiger partial charge is 0.508 e. The number of phenols is 1. The number of aromatic hydroxyl groups is 1. The molecule has 0 saturated carbocycles. The van der Waals surface area contributed by atoms with Crippen LogP contribution in [0, 0.1) is 17.8 Å². The Kier molecular flexibility index (Phi) is 33.9. The molecule has 1 aromatic carbocycles. The van der Waals surface area contributed by atoms with Crippen LogP contribution in [0.5, 0.6) is 5.75 Å². The van der Waals surface area contributed by atoms with Crippen LogP contribution in [0.2, 0.25) is 0 Å². The van der Waals surface area contributed by atoms with Crippen LogP contribution in [0.4, 0.5) is 0 Å². The number of benzene rings is 1. The molecule has 0 spiro atoms. The quantitative estimate of drug-likeness (QED) is 0.0276. The van der Waals surface area contributed by atoms with Gasteiger partial charge in [-0.2, -0.15) is 0 Å². The third-order valence-electron chi connectivity index (χ3n) is 15.7. The summed E-state index contributed by atoms with van der Waals surface area (Å²) in [5.41, 5.74) is 17.6. The lowest BCUT2D eigenvalue weighted by atomic mass is 9.96. The molecule has 1 aliphatic rings. The fourth-order valence-electron chi connectivity index (χ4n) is 9.61. The van der Waals surface area contributed by atoms with Crippen LogP contribution in [-0.2, 0) is 73.5 Å². The minimum absolute atomic E-state index is 0.00375. The van der Waals surface area contributed by atoms with Gasteiger partial charge < -0.3 is 101 Å². The number of carboxylic acid groups (broad SMARTS) is 2. The van der Waals surface area contributed by atoms with Crippen molar-refractivity contribution >= 4 is 82.8 Å². The molecular weight excluding hydrogens is 1220 g/mol. The molecular formula is C60H98N14O19. The average molecular weight is 1320 g/mol. The number of hydrogen-bond donors (Lipinski definition) is 18. The number of nitrogens with zero attached hydrogens (tertiary/aromatic N) is 1. The van der Waals surface area contributed by atoms with Crippen LogP contribution < -0.4 is 70.4 Å². The third-order valence-corrected chi connectivity index (χ3v) is 15.7. The molecule has 0 bridgehead atoms. The number of carboxylic acids is 2. The van der Waals surface area contributed by atoms with E-state index in [-0.39, 0.29) is 56.9 Å². The molecule has 1 saturated heterocycles. The van der Waals surface area contributed by atoms with Gasteiger partial charge in [-0.05, 0) is 115 Å². The Morgan fingerprint density at radius 2 is 1.00 bits per heavy atom. The van der Waals surface area contributed by atoms with Gasteiger partial charge in [0.1, 0.15) is 66.2 Å². The van der Waals surface area contributed by atoms with Crippen molar-refractivity contribution in [3.8, 4) is 5.75 Å². The van der Waals surface area contributed by atoms with Crippen molar-refractivity contribution in [1.82, 2.24) is 58.1 Å². The number of phenolic OH excluding ortho intramolecular Hbond substituents is 1. The average Bonchev–Trinajstić information content (AvgIpc) is 1.79. The molecule has 0 radical (unpaired) electrons. The molecule has 2 rings (SSSR count). The summed E-state index contributed by atoms with van der Waals surface area (Å²) >= 11 is 0. The van der Waals surface area contributed by atoms with Gasteiger partial charge in [-0.1, -0.05) is 60.1 Å². The molecule has 1 aromatic rings. The first-order valence-corrected chi connectivity index (χ1v) is 31.1. The molecule has 1 fully saturated rings. The Labute approximate surface area is 540 Å². The van der Waals surface area contributed by atoms with Crippen molar-refractivity contribution in [2.45, 2.75) is 225 Å². The number of rotatable bonds is 40.